The van der Waals surface area contributed by atoms with Gasteiger partial charge >= 0.3 is 0 Å². The molecule has 6 nitrogen and oxygen atoms in total. The molecule has 0 bridgehead atoms. The summed E-state index contributed by atoms with van der Waals surface area (Å²) in [6.07, 6.45) is 4.73. The van der Waals surface area contributed by atoms with Crippen molar-refractivity contribution < 1.29 is 17.9 Å². The summed E-state index contributed by atoms with van der Waals surface area (Å²) in [6, 6.07) is 3.18. The molecule has 0 saturated heterocycles. The number of aliphatic hydroxyl groups excluding tert-OH is 1. The van der Waals surface area contributed by atoms with Crippen LogP contribution < -0.4 is 5.32 Å². The Morgan fingerprint density at radius 1 is 1.29 bits per heavy atom. The molecule has 2 unspecified atom stereocenters. The lowest BCUT2D eigenvalue weighted by molar-refractivity contribution is 0.118. The van der Waals surface area contributed by atoms with Gasteiger partial charge in [0.25, 0.3) is 10.0 Å². The van der Waals surface area contributed by atoms with Crippen molar-refractivity contribution in [2.24, 2.45) is 0 Å². The Morgan fingerprint density at radius 2 is 2.00 bits per heavy atom. The number of furan rings is 1. The maximum absolute atomic E-state index is 11.9. The van der Waals surface area contributed by atoms with E-state index in [1.54, 1.807) is 6.07 Å². The number of aliphatic hydroxyl groups is 1. The Balaban J connectivity index is 1.97. The lowest BCUT2D eigenvalue weighted by Gasteiger charge is -2.21. The first-order valence-electron chi connectivity index (χ1n) is 7.34. The number of hydrogen-bond acceptors (Lipinski definition) is 5. The third-order valence-corrected chi connectivity index (χ3v) is 5.58. The van der Waals surface area contributed by atoms with E-state index < -0.39 is 10.0 Å². The lowest BCUT2D eigenvalue weighted by atomic mass is 10.1. The number of rotatable bonds is 5. The van der Waals surface area contributed by atoms with Crippen molar-refractivity contribution in [3.05, 3.63) is 17.9 Å². The topological polar surface area (TPSA) is 82.8 Å². The molecule has 0 radical (unpaired) electrons. The Labute approximate surface area is 126 Å². The summed E-state index contributed by atoms with van der Waals surface area (Å²) in [7, 11) is -0.587. The predicted molar refractivity (Wildman–Crippen MR) is 79.3 cm³/mol. The maximum atomic E-state index is 11.9. The van der Waals surface area contributed by atoms with Crippen LogP contribution in [-0.4, -0.2) is 44.1 Å². The molecule has 2 N–H and O–H groups in total. The molecule has 120 valence electrons. The quantitative estimate of drug-likeness (QED) is 0.800. The van der Waals surface area contributed by atoms with Gasteiger partial charge < -0.3 is 14.8 Å². The second kappa shape index (κ2) is 6.91. The minimum atomic E-state index is -3.53. The Bertz CT molecular complexity index is 553. The van der Waals surface area contributed by atoms with E-state index in [9.17, 15) is 13.5 Å². The minimum Gasteiger partial charge on any atom is -0.447 e. The van der Waals surface area contributed by atoms with Crippen molar-refractivity contribution >= 4 is 10.0 Å². The molecule has 1 aliphatic rings. The highest BCUT2D eigenvalue weighted by atomic mass is 32.2. The third kappa shape index (κ3) is 4.06. The molecule has 1 aromatic heterocycles. The van der Waals surface area contributed by atoms with Crippen LogP contribution in [0.2, 0.25) is 0 Å². The average molecular weight is 316 g/mol. The Hall–Kier alpha value is -0.890. The zero-order valence-corrected chi connectivity index (χ0v) is 13.4. The maximum Gasteiger partial charge on any atom is 0.275 e. The summed E-state index contributed by atoms with van der Waals surface area (Å²) in [5.74, 6) is 0.562. The molecule has 21 heavy (non-hydrogen) atoms. The van der Waals surface area contributed by atoms with Gasteiger partial charge in [-0.3, -0.25) is 0 Å². The normalized spacial score (nSPS) is 24.2. The molecule has 1 aliphatic carbocycles. The van der Waals surface area contributed by atoms with Crippen molar-refractivity contribution in [2.75, 3.05) is 14.1 Å². The predicted octanol–water partition coefficient (Wildman–Crippen LogP) is 1.31. The van der Waals surface area contributed by atoms with Gasteiger partial charge in [0.05, 0.1) is 12.6 Å². The summed E-state index contributed by atoms with van der Waals surface area (Å²) in [5, 5.41) is 13.3. The fourth-order valence-corrected chi connectivity index (χ4v) is 3.34. The van der Waals surface area contributed by atoms with E-state index in [4.69, 9.17) is 4.42 Å². The van der Waals surface area contributed by atoms with Gasteiger partial charge in [-0.25, -0.2) is 12.7 Å². The number of nitrogens with zero attached hydrogens (tertiary/aromatic N) is 1. The van der Waals surface area contributed by atoms with Crippen molar-refractivity contribution in [3.63, 3.8) is 0 Å². The molecule has 1 aromatic rings. The molecule has 1 fully saturated rings. The van der Waals surface area contributed by atoms with Crippen LogP contribution in [0.4, 0.5) is 0 Å². The summed E-state index contributed by atoms with van der Waals surface area (Å²) in [4.78, 5) is 0. The van der Waals surface area contributed by atoms with Gasteiger partial charge in [-0.2, -0.15) is 0 Å². The van der Waals surface area contributed by atoms with Crippen molar-refractivity contribution in [1.82, 2.24) is 9.62 Å². The first-order chi connectivity index (χ1) is 9.91. The first kappa shape index (κ1) is 16.5. The zero-order chi connectivity index (χ0) is 15.5. The zero-order valence-electron chi connectivity index (χ0n) is 12.6. The second-order valence-corrected chi connectivity index (χ2v) is 7.78. The van der Waals surface area contributed by atoms with Gasteiger partial charge in [-0.15, -0.1) is 0 Å². The number of nitrogens with one attached hydrogen (secondary N) is 1. The van der Waals surface area contributed by atoms with Crippen LogP contribution in [0.25, 0.3) is 0 Å². The van der Waals surface area contributed by atoms with Crippen LogP contribution in [0.5, 0.6) is 0 Å². The standard InChI is InChI=1S/C14H24N2O4S/c1-16(2)21(18,19)14-9-8-11(20-14)10-15-12-6-4-3-5-7-13(12)17/h8-9,12-13,15,17H,3-7,10H2,1-2H3. The molecule has 7 heteroatoms. The molecule has 0 amide bonds. The van der Waals surface area contributed by atoms with E-state index in [-0.39, 0.29) is 17.2 Å². The molecule has 0 spiro atoms. The van der Waals surface area contributed by atoms with E-state index in [0.29, 0.717) is 12.3 Å². The fraction of sp³-hybridized carbons (Fsp3) is 0.714. The monoisotopic (exact) mass is 316 g/mol. The van der Waals surface area contributed by atoms with Crippen LogP contribution in [0.3, 0.4) is 0 Å². The number of hydrogen-bond donors (Lipinski definition) is 2. The van der Waals surface area contributed by atoms with Gasteiger partial charge in [0.15, 0.2) is 0 Å². The fourth-order valence-electron chi connectivity index (χ4n) is 2.53. The minimum absolute atomic E-state index is 0.0477. The molecular formula is C14H24N2O4S. The molecule has 1 saturated carbocycles. The van der Waals surface area contributed by atoms with Gasteiger partial charge in [0.1, 0.15) is 5.76 Å². The third-order valence-electron chi connectivity index (χ3n) is 3.89. The van der Waals surface area contributed by atoms with Gasteiger partial charge in [0, 0.05) is 20.1 Å². The first-order valence-corrected chi connectivity index (χ1v) is 8.78. The van der Waals surface area contributed by atoms with Crippen molar-refractivity contribution in [2.45, 2.75) is 55.9 Å². The summed E-state index contributed by atoms with van der Waals surface area (Å²) < 4.78 is 30.4. The highest BCUT2D eigenvalue weighted by molar-refractivity contribution is 7.88. The van der Waals surface area contributed by atoms with Gasteiger partial charge in [-0.05, 0) is 25.0 Å². The summed E-state index contributed by atoms with van der Waals surface area (Å²) in [5.41, 5.74) is 0. The molecular weight excluding hydrogens is 292 g/mol. The second-order valence-electron chi connectivity index (χ2n) is 5.70. The molecule has 1 heterocycles. The largest absolute Gasteiger partial charge is 0.447 e. The van der Waals surface area contributed by atoms with Gasteiger partial charge in [-0.1, -0.05) is 19.3 Å². The summed E-state index contributed by atoms with van der Waals surface area (Å²) in [6.45, 7) is 0.421. The SMILES string of the molecule is CN(C)S(=O)(=O)c1ccc(CNC2CCCCCC2O)o1. The van der Waals surface area contributed by atoms with Crippen molar-refractivity contribution in [1.29, 1.82) is 0 Å². The van der Waals surface area contributed by atoms with E-state index in [1.807, 2.05) is 0 Å². The van der Waals surface area contributed by atoms with Crippen LogP contribution in [0.15, 0.2) is 21.6 Å². The summed E-state index contributed by atoms with van der Waals surface area (Å²) >= 11 is 0. The van der Waals surface area contributed by atoms with E-state index in [2.05, 4.69) is 5.32 Å². The lowest BCUT2D eigenvalue weighted by Crippen LogP contribution is -2.38. The average Bonchev–Trinajstić information content (AvgIpc) is 2.82. The van der Waals surface area contributed by atoms with Crippen LogP contribution in [-0.2, 0) is 16.6 Å². The van der Waals surface area contributed by atoms with E-state index in [0.717, 1.165) is 36.4 Å². The van der Waals surface area contributed by atoms with Crippen molar-refractivity contribution in [3.8, 4) is 0 Å². The molecule has 2 rings (SSSR count). The van der Waals surface area contributed by atoms with Crippen LogP contribution in [0.1, 0.15) is 37.9 Å². The molecule has 2 atom stereocenters. The highest BCUT2D eigenvalue weighted by Crippen LogP contribution is 2.20. The highest BCUT2D eigenvalue weighted by Gasteiger charge is 2.23. The van der Waals surface area contributed by atoms with E-state index in [1.165, 1.54) is 20.2 Å². The van der Waals surface area contributed by atoms with Gasteiger partial charge in [0.2, 0.25) is 5.09 Å². The molecule has 0 aliphatic heterocycles. The Kier molecular flexibility index (Phi) is 5.43. The van der Waals surface area contributed by atoms with E-state index >= 15 is 0 Å². The van der Waals surface area contributed by atoms with Crippen LogP contribution in [0, 0.1) is 0 Å². The molecule has 0 aromatic carbocycles. The Morgan fingerprint density at radius 3 is 2.71 bits per heavy atom. The smallest absolute Gasteiger partial charge is 0.275 e. The van der Waals surface area contributed by atoms with Crippen LogP contribution >= 0.6 is 0 Å². The number of sulfonamides is 1.